The maximum atomic E-state index is 12.5. The fourth-order valence-electron chi connectivity index (χ4n) is 3.95. The van der Waals surface area contributed by atoms with Gasteiger partial charge in [0.05, 0.1) is 35.0 Å². The zero-order valence-corrected chi connectivity index (χ0v) is 20.1. The number of piperazine rings is 1. The summed E-state index contributed by atoms with van der Waals surface area (Å²) in [7, 11) is 6.41. The van der Waals surface area contributed by atoms with Crippen LogP contribution in [-0.2, 0) is 17.8 Å². The first-order valence-electron chi connectivity index (χ1n) is 11.2. The molecule has 0 spiro atoms. The number of benzene rings is 2. The van der Waals surface area contributed by atoms with Crippen molar-refractivity contribution in [3.05, 3.63) is 47.5 Å². The van der Waals surface area contributed by atoms with E-state index in [2.05, 4.69) is 27.2 Å². The first-order valence-corrected chi connectivity index (χ1v) is 11.2. The molecule has 2 aromatic carbocycles. The van der Waals surface area contributed by atoms with Crippen molar-refractivity contribution in [1.82, 2.24) is 15.1 Å². The van der Waals surface area contributed by atoms with Gasteiger partial charge in [0.2, 0.25) is 11.7 Å². The molecule has 8 nitrogen and oxygen atoms in total. The number of carbonyl (C=O) groups is 1. The van der Waals surface area contributed by atoms with Crippen molar-refractivity contribution in [1.29, 1.82) is 0 Å². The summed E-state index contributed by atoms with van der Waals surface area (Å²) in [5.41, 5.74) is 2.20. The standard InChI is InChI=1S/C25H35N3O5/c1-30-21-7-5-19(6-8-21)9-10-27-11-13-28(14-12-27)18-24(29)26-17-20-15-22(31-2)25(33-4)23(16-20)32-3/h5-8,15-16H,9-14,17-18H2,1-4H3,(H,26,29). The summed E-state index contributed by atoms with van der Waals surface area (Å²) in [6, 6.07) is 11.9. The Morgan fingerprint density at radius 1 is 0.818 bits per heavy atom. The topological polar surface area (TPSA) is 72.5 Å². The lowest BCUT2D eigenvalue weighted by Gasteiger charge is -2.34. The van der Waals surface area contributed by atoms with E-state index in [4.69, 9.17) is 18.9 Å². The minimum absolute atomic E-state index is 0.00966. The molecule has 1 aliphatic rings. The normalized spacial score (nSPS) is 14.5. The van der Waals surface area contributed by atoms with E-state index in [9.17, 15) is 4.79 Å². The van der Waals surface area contributed by atoms with Crippen LogP contribution in [0.1, 0.15) is 11.1 Å². The second kappa shape index (κ2) is 12.3. The van der Waals surface area contributed by atoms with Crippen LogP contribution in [-0.4, -0.2) is 83.4 Å². The third-order valence-electron chi connectivity index (χ3n) is 5.92. The summed E-state index contributed by atoms with van der Waals surface area (Å²) >= 11 is 0. The predicted octanol–water partition coefficient (Wildman–Crippen LogP) is 2.20. The van der Waals surface area contributed by atoms with Crippen molar-refractivity contribution >= 4 is 5.91 Å². The Balaban J connectivity index is 1.40. The van der Waals surface area contributed by atoms with Crippen LogP contribution in [0.25, 0.3) is 0 Å². The SMILES string of the molecule is COc1ccc(CCN2CCN(CC(=O)NCc3cc(OC)c(OC)c(OC)c3)CC2)cc1. The molecule has 33 heavy (non-hydrogen) atoms. The maximum Gasteiger partial charge on any atom is 0.234 e. The van der Waals surface area contributed by atoms with Crippen LogP contribution in [0.3, 0.4) is 0 Å². The van der Waals surface area contributed by atoms with Crippen molar-refractivity contribution in [2.75, 3.05) is 67.7 Å². The molecule has 3 rings (SSSR count). The van der Waals surface area contributed by atoms with Gasteiger partial charge in [-0.1, -0.05) is 12.1 Å². The smallest absolute Gasteiger partial charge is 0.234 e. The zero-order chi connectivity index (χ0) is 23.6. The van der Waals surface area contributed by atoms with E-state index < -0.39 is 0 Å². The van der Waals surface area contributed by atoms with Gasteiger partial charge in [-0.15, -0.1) is 0 Å². The molecule has 1 saturated heterocycles. The van der Waals surface area contributed by atoms with Gasteiger partial charge < -0.3 is 29.2 Å². The van der Waals surface area contributed by atoms with Crippen LogP contribution >= 0.6 is 0 Å². The van der Waals surface area contributed by atoms with E-state index in [1.54, 1.807) is 28.4 Å². The monoisotopic (exact) mass is 457 g/mol. The third kappa shape index (κ3) is 7.00. The molecule has 0 atom stereocenters. The van der Waals surface area contributed by atoms with Crippen LogP contribution in [0, 0.1) is 0 Å². The highest BCUT2D eigenvalue weighted by molar-refractivity contribution is 5.78. The fourth-order valence-corrected chi connectivity index (χ4v) is 3.95. The first kappa shape index (κ1) is 24.7. The number of nitrogens with one attached hydrogen (secondary N) is 1. The second-order valence-corrected chi connectivity index (χ2v) is 8.03. The van der Waals surface area contributed by atoms with E-state index in [0.29, 0.717) is 30.3 Å². The maximum absolute atomic E-state index is 12.5. The Bertz CT molecular complexity index is 870. The average Bonchev–Trinajstić information content (AvgIpc) is 2.86. The molecule has 0 saturated carbocycles. The van der Waals surface area contributed by atoms with Gasteiger partial charge in [0.25, 0.3) is 0 Å². The minimum Gasteiger partial charge on any atom is -0.497 e. The molecule has 0 bridgehead atoms. The number of hydrogen-bond donors (Lipinski definition) is 1. The second-order valence-electron chi connectivity index (χ2n) is 8.03. The number of amides is 1. The van der Waals surface area contributed by atoms with Crippen LogP contribution in [0.5, 0.6) is 23.0 Å². The number of ether oxygens (including phenoxy) is 4. The summed E-state index contributed by atoms with van der Waals surface area (Å²) in [5, 5.41) is 3.00. The van der Waals surface area contributed by atoms with E-state index in [1.807, 2.05) is 24.3 Å². The molecule has 1 fully saturated rings. The van der Waals surface area contributed by atoms with Crippen LogP contribution in [0.2, 0.25) is 0 Å². The van der Waals surface area contributed by atoms with Gasteiger partial charge in [-0.25, -0.2) is 0 Å². The highest BCUT2D eigenvalue weighted by atomic mass is 16.5. The molecule has 0 aromatic heterocycles. The molecule has 0 aliphatic carbocycles. The molecular formula is C25H35N3O5. The highest BCUT2D eigenvalue weighted by Gasteiger charge is 2.19. The van der Waals surface area contributed by atoms with Crippen molar-refractivity contribution < 1.29 is 23.7 Å². The quantitative estimate of drug-likeness (QED) is 0.555. The Labute approximate surface area is 196 Å². The van der Waals surface area contributed by atoms with Crippen molar-refractivity contribution in [2.24, 2.45) is 0 Å². The summed E-state index contributed by atoms with van der Waals surface area (Å²) in [4.78, 5) is 17.2. The average molecular weight is 458 g/mol. The minimum atomic E-state index is 0.00966. The molecule has 1 amide bonds. The Kier molecular flexibility index (Phi) is 9.21. The van der Waals surface area contributed by atoms with Crippen LogP contribution in [0.4, 0.5) is 0 Å². The van der Waals surface area contributed by atoms with E-state index in [1.165, 1.54) is 5.56 Å². The van der Waals surface area contributed by atoms with Gasteiger partial charge in [0.15, 0.2) is 11.5 Å². The van der Waals surface area contributed by atoms with Crippen LogP contribution < -0.4 is 24.3 Å². The highest BCUT2D eigenvalue weighted by Crippen LogP contribution is 2.38. The number of methoxy groups -OCH3 is 4. The Hall–Kier alpha value is -2.97. The van der Waals surface area contributed by atoms with E-state index in [0.717, 1.165) is 50.5 Å². The molecule has 2 aromatic rings. The van der Waals surface area contributed by atoms with Crippen molar-refractivity contribution in [3.8, 4) is 23.0 Å². The van der Waals surface area contributed by atoms with Gasteiger partial charge >= 0.3 is 0 Å². The lowest BCUT2D eigenvalue weighted by atomic mass is 10.1. The summed E-state index contributed by atoms with van der Waals surface area (Å²) < 4.78 is 21.3. The van der Waals surface area contributed by atoms with Gasteiger partial charge in [-0.05, 0) is 41.8 Å². The van der Waals surface area contributed by atoms with Crippen molar-refractivity contribution in [2.45, 2.75) is 13.0 Å². The predicted molar refractivity (Wildman–Crippen MR) is 128 cm³/mol. The fraction of sp³-hybridized carbons (Fsp3) is 0.480. The molecule has 1 N–H and O–H groups in total. The molecular weight excluding hydrogens is 422 g/mol. The number of nitrogens with zero attached hydrogens (tertiary/aromatic N) is 2. The van der Waals surface area contributed by atoms with Gasteiger partial charge in [0, 0.05) is 39.3 Å². The summed E-state index contributed by atoms with van der Waals surface area (Å²) in [5.74, 6) is 2.59. The Morgan fingerprint density at radius 2 is 1.42 bits per heavy atom. The third-order valence-corrected chi connectivity index (χ3v) is 5.92. The Morgan fingerprint density at radius 3 is 1.97 bits per heavy atom. The summed E-state index contributed by atoms with van der Waals surface area (Å²) in [6.07, 6.45) is 1.01. The molecule has 1 aliphatic heterocycles. The van der Waals surface area contributed by atoms with Gasteiger partial charge in [0.1, 0.15) is 5.75 Å². The summed E-state index contributed by atoms with van der Waals surface area (Å²) in [6.45, 7) is 5.54. The molecule has 180 valence electrons. The van der Waals surface area contributed by atoms with Crippen molar-refractivity contribution in [3.63, 3.8) is 0 Å². The molecule has 8 heteroatoms. The molecule has 0 radical (unpaired) electrons. The first-order chi connectivity index (χ1) is 16.1. The van der Waals surface area contributed by atoms with Gasteiger partial charge in [-0.2, -0.15) is 0 Å². The molecule has 1 heterocycles. The number of carbonyl (C=O) groups excluding carboxylic acids is 1. The molecule has 0 unspecified atom stereocenters. The lowest BCUT2D eigenvalue weighted by molar-refractivity contribution is -0.122. The van der Waals surface area contributed by atoms with Gasteiger partial charge in [-0.3, -0.25) is 9.69 Å². The van der Waals surface area contributed by atoms with E-state index in [-0.39, 0.29) is 5.91 Å². The van der Waals surface area contributed by atoms with E-state index >= 15 is 0 Å². The largest absolute Gasteiger partial charge is 0.497 e. The van der Waals surface area contributed by atoms with Crippen LogP contribution in [0.15, 0.2) is 36.4 Å². The number of hydrogen-bond acceptors (Lipinski definition) is 7. The number of rotatable bonds is 11. The zero-order valence-electron chi connectivity index (χ0n) is 20.1. The lowest BCUT2D eigenvalue weighted by Crippen LogP contribution is -2.49.